The van der Waals surface area contributed by atoms with Crippen LogP contribution in [0.15, 0.2) is 79.0 Å². The first-order chi connectivity index (χ1) is 18.9. The first-order valence-electron chi connectivity index (χ1n) is 12.7. The Balaban J connectivity index is 1.18. The van der Waals surface area contributed by atoms with E-state index in [1.54, 1.807) is 30.2 Å². The second kappa shape index (κ2) is 11.3. The summed E-state index contributed by atoms with van der Waals surface area (Å²) in [5.41, 5.74) is 5.23. The topological polar surface area (TPSA) is 90.5 Å². The van der Waals surface area contributed by atoms with Crippen molar-refractivity contribution in [2.45, 2.75) is 13.8 Å². The lowest BCUT2D eigenvalue weighted by atomic mass is 10.1. The SMILES string of the molecule is CC(=O)Nc1ccc(-c2ccnc(Nc3ccc(N4CCN(C(=O)c5ccc(C)c(F)c5)CC4)cc3)n2)cc1. The van der Waals surface area contributed by atoms with Crippen molar-refractivity contribution in [3.63, 3.8) is 0 Å². The molecular formula is C30H29FN6O2. The fourth-order valence-electron chi connectivity index (χ4n) is 4.47. The van der Waals surface area contributed by atoms with Gasteiger partial charge in [-0.05, 0) is 67.1 Å². The van der Waals surface area contributed by atoms with Gasteiger partial charge in [-0.1, -0.05) is 18.2 Å². The molecule has 4 aromatic rings. The third-order valence-electron chi connectivity index (χ3n) is 6.63. The number of aromatic nitrogens is 2. The molecule has 1 aliphatic heterocycles. The highest BCUT2D eigenvalue weighted by molar-refractivity contribution is 5.94. The van der Waals surface area contributed by atoms with Crippen molar-refractivity contribution in [2.75, 3.05) is 41.7 Å². The molecule has 0 unspecified atom stereocenters. The number of aryl methyl sites for hydroxylation is 1. The van der Waals surface area contributed by atoms with Crippen LogP contribution in [0.2, 0.25) is 0 Å². The minimum atomic E-state index is -0.359. The zero-order chi connectivity index (χ0) is 27.4. The van der Waals surface area contributed by atoms with Gasteiger partial charge >= 0.3 is 0 Å². The van der Waals surface area contributed by atoms with Crippen molar-refractivity contribution in [3.8, 4) is 11.3 Å². The summed E-state index contributed by atoms with van der Waals surface area (Å²) in [6, 6.07) is 22.0. The fraction of sp³-hybridized carbons (Fsp3) is 0.200. The number of benzene rings is 3. The van der Waals surface area contributed by atoms with E-state index in [0.717, 1.165) is 28.3 Å². The van der Waals surface area contributed by atoms with E-state index < -0.39 is 0 Å². The number of nitrogens with zero attached hydrogens (tertiary/aromatic N) is 4. The molecule has 2 heterocycles. The van der Waals surface area contributed by atoms with Crippen molar-refractivity contribution in [1.29, 1.82) is 0 Å². The highest BCUT2D eigenvalue weighted by atomic mass is 19.1. The smallest absolute Gasteiger partial charge is 0.254 e. The van der Waals surface area contributed by atoms with Gasteiger partial charge < -0.3 is 20.4 Å². The molecule has 2 N–H and O–H groups in total. The number of carbonyl (C=O) groups is 2. The standard InChI is InChI=1S/C30H29FN6O2/c1-20-3-4-23(19-27(20)31)29(39)37-17-15-36(16-18-37)26-11-9-25(10-12-26)34-30-32-14-13-28(35-30)22-5-7-24(8-6-22)33-21(2)38/h3-14,19H,15-18H2,1-2H3,(H,33,38)(H,32,34,35). The molecule has 1 aliphatic rings. The van der Waals surface area contributed by atoms with E-state index in [1.807, 2.05) is 54.6 Å². The zero-order valence-corrected chi connectivity index (χ0v) is 21.8. The molecule has 1 aromatic heterocycles. The normalized spacial score (nSPS) is 13.2. The van der Waals surface area contributed by atoms with Crippen LogP contribution < -0.4 is 15.5 Å². The van der Waals surface area contributed by atoms with E-state index >= 15 is 0 Å². The molecule has 0 radical (unpaired) electrons. The Hall–Kier alpha value is -4.79. The van der Waals surface area contributed by atoms with Crippen LogP contribution in [0.4, 0.5) is 27.4 Å². The lowest BCUT2D eigenvalue weighted by molar-refractivity contribution is -0.114. The largest absolute Gasteiger partial charge is 0.368 e. The average molecular weight is 525 g/mol. The molecule has 0 bridgehead atoms. The quantitative estimate of drug-likeness (QED) is 0.358. The Labute approximate surface area is 226 Å². The molecule has 39 heavy (non-hydrogen) atoms. The Kier molecular flexibility index (Phi) is 7.49. The molecule has 9 heteroatoms. The van der Waals surface area contributed by atoms with Crippen LogP contribution in [0.25, 0.3) is 11.3 Å². The van der Waals surface area contributed by atoms with Gasteiger partial charge in [0, 0.05) is 67.5 Å². The van der Waals surface area contributed by atoms with E-state index in [9.17, 15) is 14.0 Å². The summed E-state index contributed by atoms with van der Waals surface area (Å²) in [5, 5.41) is 6.00. The average Bonchev–Trinajstić information content (AvgIpc) is 2.95. The van der Waals surface area contributed by atoms with Crippen LogP contribution in [0.3, 0.4) is 0 Å². The highest BCUT2D eigenvalue weighted by Crippen LogP contribution is 2.24. The molecule has 198 valence electrons. The Bertz CT molecular complexity index is 1480. The zero-order valence-electron chi connectivity index (χ0n) is 21.8. The molecule has 3 aromatic carbocycles. The van der Waals surface area contributed by atoms with E-state index in [1.165, 1.54) is 13.0 Å². The maximum Gasteiger partial charge on any atom is 0.254 e. The number of amides is 2. The van der Waals surface area contributed by atoms with Gasteiger partial charge in [0.25, 0.3) is 5.91 Å². The fourth-order valence-corrected chi connectivity index (χ4v) is 4.47. The van der Waals surface area contributed by atoms with E-state index in [-0.39, 0.29) is 17.6 Å². The number of carbonyl (C=O) groups excluding carboxylic acids is 2. The van der Waals surface area contributed by atoms with Crippen molar-refractivity contribution in [3.05, 3.63) is 95.9 Å². The molecule has 1 saturated heterocycles. The minimum Gasteiger partial charge on any atom is -0.368 e. The van der Waals surface area contributed by atoms with Crippen LogP contribution in [-0.2, 0) is 4.79 Å². The Morgan fingerprint density at radius 1 is 0.872 bits per heavy atom. The molecule has 0 aliphatic carbocycles. The summed E-state index contributed by atoms with van der Waals surface area (Å²) >= 11 is 0. The molecule has 0 spiro atoms. The molecule has 0 atom stereocenters. The van der Waals surface area contributed by atoms with Gasteiger partial charge in [0.2, 0.25) is 11.9 Å². The van der Waals surface area contributed by atoms with Crippen LogP contribution in [0.1, 0.15) is 22.8 Å². The van der Waals surface area contributed by atoms with E-state index in [4.69, 9.17) is 0 Å². The summed E-state index contributed by atoms with van der Waals surface area (Å²) < 4.78 is 13.9. The molecule has 2 amide bonds. The molecule has 5 rings (SSSR count). The number of nitrogens with one attached hydrogen (secondary N) is 2. The highest BCUT2D eigenvalue weighted by Gasteiger charge is 2.23. The van der Waals surface area contributed by atoms with Gasteiger partial charge in [0.1, 0.15) is 5.82 Å². The van der Waals surface area contributed by atoms with Gasteiger partial charge in [-0.15, -0.1) is 0 Å². The first kappa shape index (κ1) is 25.8. The van der Waals surface area contributed by atoms with E-state index in [0.29, 0.717) is 43.3 Å². The van der Waals surface area contributed by atoms with Gasteiger partial charge in [-0.3, -0.25) is 9.59 Å². The maximum atomic E-state index is 13.9. The number of rotatable bonds is 6. The molecular weight excluding hydrogens is 495 g/mol. The first-order valence-corrected chi connectivity index (χ1v) is 12.7. The minimum absolute atomic E-state index is 0.115. The predicted octanol–water partition coefficient (Wildman–Crippen LogP) is 5.26. The van der Waals surface area contributed by atoms with Crippen molar-refractivity contribution < 1.29 is 14.0 Å². The van der Waals surface area contributed by atoms with Crippen LogP contribution >= 0.6 is 0 Å². The molecule has 0 saturated carbocycles. The third-order valence-corrected chi connectivity index (χ3v) is 6.63. The second-order valence-corrected chi connectivity index (χ2v) is 9.44. The van der Waals surface area contributed by atoms with Gasteiger partial charge in [0.15, 0.2) is 0 Å². The van der Waals surface area contributed by atoms with Crippen molar-refractivity contribution in [2.24, 2.45) is 0 Å². The maximum absolute atomic E-state index is 13.9. The predicted molar refractivity (Wildman–Crippen MR) is 151 cm³/mol. The number of hydrogen-bond acceptors (Lipinski definition) is 6. The third kappa shape index (κ3) is 6.20. The Morgan fingerprint density at radius 3 is 2.23 bits per heavy atom. The van der Waals surface area contributed by atoms with Crippen LogP contribution in [0.5, 0.6) is 0 Å². The lowest BCUT2D eigenvalue weighted by Gasteiger charge is -2.36. The van der Waals surface area contributed by atoms with Gasteiger partial charge in [-0.25, -0.2) is 14.4 Å². The van der Waals surface area contributed by atoms with E-state index in [2.05, 4.69) is 25.5 Å². The van der Waals surface area contributed by atoms with Crippen LogP contribution in [0, 0.1) is 12.7 Å². The van der Waals surface area contributed by atoms with Crippen LogP contribution in [-0.4, -0.2) is 52.9 Å². The molecule has 1 fully saturated rings. The van der Waals surface area contributed by atoms with Gasteiger partial charge in [0.05, 0.1) is 5.69 Å². The summed E-state index contributed by atoms with van der Waals surface area (Å²) in [5.74, 6) is -0.136. The Morgan fingerprint density at radius 2 is 1.56 bits per heavy atom. The van der Waals surface area contributed by atoms with Gasteiger partial charge in [-0.2, -0.15) is 0 Å². The summed E-state index contributed by atoms with van der Waals surface area (Å²) in [7, 11) is 0. The second-order valence-electron chi connectivity index (χ2n) is 9.44. The number of hydrogen-bond donors (Lipinski definition) is 2. The monoisotopic (exact) mass is 524 g/mol. The van der Waals surface area contributed by atoms with Crippen molar-refractivity contribution in [1.82, 2.24) is 14.9 Å². The lowest BCUT2D eigenvalue weighted by Crippen LogP contribution is -2.48. The summed E-state index contributed by atoms with van der Waals surface area (Å²) in [6.07, 6.45) is 1.70. The number of piperazine rings is 1. The summed E-state index contributed by atoms with van der Waals surface area (Å²) in [6.45, 7) is 5.69. The number of halogens is 1. The number of anilines is 4. The molecule has 8 nitrogen and oxygen atoms in total. The van der Waals surface area contributed by atoms with Crippen molar-refractivity contribution >= 4 is 34.8 Å². The summed E-state index contributed by atoms with van der Waals surface area (Å²) in [4.78, 5) is 37.0.